The molecule has 5 aromatic rings. The fraction of sp³-hybridized carbons (Fsp3) is 0.286. The van der Waals surface area contributed by atoms with Crippen molar-refractivity contribution in [3.05, 3.63) is 49.0 Å². The van der Waals surface area contributed by atoms with Crippen LogP contribution in [-0.4, -0.2) is 70.7 Å². The normalized spacial score (nSPS) is 13.7. The highest BCUT2D eigenvalue weighted by molar-refractivity contribution is 5.91. The van der Waals surface area contributed by atoms with E-state index in [-0.39, 0.29) is 5.91 Å². The second-order valence-electron chi connectivity index (χ2n) is 9.44. The van der Waals surface area contributed by atoms with Gasteiger partial charge in [0.15, 0.2) is 5.58 Å². The zero-order valence-electron chi connectivity index (χ0n) is 22.3. The third kappa shape index (κ3) is 4.45. The van der Waals surface area contributed by atoms with Gasteiger partial charge in [-0.2, -0.15) is 0 Å². The van der Waals surface area contributed by atoms with Crippen LogP contribution in [0.15, 0.2) is 53.4 Å². The number of rotatable bonds is 6. The van der Waals surface area contributed by atoms with Crippen LogP contribution in [0.2, 0.25) is 0 Å². The molecular formula is C28H29N7O4. The fourth-order valence-corrected chi connectivity index (χ4v) is 5.01. The number of aromatic nitrogens is 4. The Morgan fingerprint density at radius 2 is 1.82 bits per heavy atom. The van der Waals surface area contributed by atoms with Crippen molar-refractivity contribution in [2.24, 2.45) is 7.05 Å². The van der Waals surface area contributed by atoms with Crippen LogP contribution in [0.1, 0.15) is 6.92 Å². The molecule has 1 N–H and O–H groups in total. The van der Waals surface area contributed by atoms with E-state index in [1.807, 2.05) is 53.0 Å². The quantitative estimate of drug-likeness (QED) is 0.347. The molecule has 1 aromatic carbocycles. The SMILES string of the molecule is COc1cc(N2CCN(C(C)=O)CC2)c(OC)cc1Nc1nc(-c2cnc3c(ccn3C)c2)c2occc2n1. The van der Waals surface area contributed by atoms with E-state index in [1.165, 1.54) is 0 Å². The van der Waals surface area contributed by atoms with Crippen molar-refractivity contribution in [2.45, 2.75) is 6.92 Å². The van der Waals surface area contributed by atoms with Crippen molar-refractivity contribution >= 4 is 45.4 Å². The molecular weight excluding hydrogens is 498 g/mol. The van der Waals surface area contributed by atoms with E-state index in [0.29, 0.717) is 66.1 Å². The minimum Gasteiger partial charge on any atom is -0.494 e. The molecule has 5 heterocycles. The Labute approximate surface area is 225 Å². The summed E-state index contributed by atoms with van der Waals surface area (Å²) in [5.74, 6) is 1.77. The van der Waals surface area contributed by atoms with E-state index < -0.39 is 0 Å². The highest BCUT2D eigenvalue weighted by Crippen LogP contribution is 2.40. The van der Waals surface area contributed by atoms with Gasteiger partial charge in [0.2, 0.25) is 11.9 Å². The van der Waals surface area contributed by atoms with Gasteiger partial charge >= 0.3 is 0 Å². The number of benzene rings is 1. The maximum absolute atomic E-state index is 11.8. The number of furan rings is 1. The minimum atomic E-state index is 0.0900. The minimum absolute atomic E-state index is 0.0900. The lowest BCUT2D eigenvalue weighted by atomic mass is 10.1. The number of methoxy groups -OCH3 is 2. The van der Waals surface area contributed by atoms with Crippen LogP contribution in [-0.2, 0) is 11.8 Å². The number of ether oxygens (including phenoxy) is 2. The Morgan fingerprint density at radius 3 is 2.56 bits per heavy atom. The number of nitrogens with zero attached hydrogens (tertiary/aromatic N) is 6. The van der Waals surface area contributed by atoms with E-state index in [9.17, 15) is 4.79 Å². The molecule has 4 aromatic heterocycles. The molecule has 0 radical (unpaired) electrons. The summed E-state index contributed by atoms with van der Waals surface area (Å²) >= 11 is 0. The first-order chi connectivity index (χ1) is 18.9. The topological polar surface area (TPSA) is 111 Å². The largest absolute Gasteiger partial charge is 0.494 e. The first kappa shape index (κ1) is 24.5. The van der Waals surface area contributed by atoms with Gasteiger partial charge in [-0.15, -0.1) is 0 Å². The molecule has 1 saturated heterocycles. The number of aryl methyl sites for hydroxylation is 1. The molecule has 0 spiro atoms. The van der Waals surface area contributed by atoms with Crippen molar-refractivity contribution < 1.29 is 18.7 Å². The van der Waals surface area contributed by atoms with Gasteiger partial charge in [-0.25, -0.2) is 15.0 Å². The second-order valence-corrected chi connectivity index (χ2v) is 9.44. The zero-order valence-corrected chi connectivity index (χ0v) is 22.3. The number of carbonyl (C=O) groups is 1. The van der Waals surface area contributed by atoms with Crippen LogP contribution in [0.4, 0.5) is 17.3 Å². The lowest BCUT2D eigenvalue weighted by Crippen LogP contribution is -2.48. The van der Waals surface area contributed by atoms with E-state index in [4.69, 9.17) is 18.9 Å². The van der Waals surface area contributed by atoms with Gasteiger partial charge in [0.05, 0.1) is 31.9 Å². The fourth-order valence-electron chi connectivity index (χ4n) is 5.01. The molecule has 0 aliphatic carbocycles. The van der Waals surface area contributed by atoms with E-state index in [2.05, 4.69) is 20.2 Å². The van der Waals surface area contributed by atoms with Gasteiger partial charge in [-0.1, -0.05) is 0 Å². The van der Waals surface area contributed by atoms with E-state index in [0.717, 1.165) is 22.3 Å². The molecule has 1 aliphatic rings. The third-order valence-corrected chi connectivity index (χ3v) is 7.10. The number of nitrogens with one attached hydrogen (secondary N) is 1. The average Bonchev–Trinajstić information content (AvgIpc) is 3.58. The molecule has 39 heavy (non-hydrogen) atoms. The molecule has 1 aliphatic heterocycles. The maximum Gasteiger partial charge on any atom is 0.228 e. The summed E-state index contributed by atoms with van der Waals surface area (Å²) in [5, 5.41) is 4.33. The van der Waals surface area contributed by atoms with Crippen molar-refractivity contribution in [3.63, 3.8) is 0 Å². The molecule has 11 nitrogen and oxygen atoms in total. The number of hydrogen-bond acceptors (Lipinski definition) is 9. The van der Waals surface area contributed by atoms with Crippen molar-refractivity contribution in [1.29, 1.82) is 0 Å². The summed E-state index contributed by atoms with van der Waals surface area (Å²) < 4.78 is 19.2. The van der Waals surface area contributed by atoms with E-state index >= 15 is 0 Å². The highest BCUT2D eigenvalue weighted by Gasteiger charge is 2.23. The molecule has 6 rings (SSSR count). The van der Waals surface area contributed by atoms with Crippen LogP contribution < -0.4 is 19.7 Å². The van der Waals surface area contributed by atoms with Crippen molar-refractivity contribution in [3.8, 4) is 22.8 Å². The molecule has 0 bridgehead atoms. The predicted molar refractivity (Wildman–Crippen MR) is 149 cm³/mol. The smallest absolute Gasteiger partial charge is 0.228 e. The first-order valence-corrected chi connectivity index (χ1v) is 12.7. The Hall–Kier alpha value is -4.80. The summed E-state index contributed by atoms with van der Waals surface area (Å²) in [6, 6.07) is 9.69. The highest BCUT2D eigenvalue weighted by atomic mass is 16.5. The number of anilines is 3. The maximum atomic E-state index is 11.8. The van der Waals surface area contributed by atoms with Crippen LogP contribution in [0.5, 0.6) is 11.5 Å². The Morgan fingerprint density at radius 1 is 1.03 bits per heavy atom. The molecule has 0 unspecified atom stereocenters. The molecule has 11 heteroatoms. The van der Waals surface area contributed by atoms with Gasteiger partial charge in [-0.3, -0.25) is 4.79 Å². The van der Waals surface area contributed by atoms with Gasteiger partial charge in [0.25, 0.3) is 0 Å². The number of piperazine rings is 1. The van der Waals surface area contributed by atoms with Crippen LogP contribution >= 0.6 is 0 Å². The summed E-state index contributed by atoms with van der Waals surface area (Å²) in [7, 11) is 5.22. The van der Waals surface area contributed by atoms with E-state index in [1.54, 1.807) is 33.6 Å². The molecule has 200 valence electrons. The zero-order chi connectivity index (χ0) is 27.1. The Kier molecular flexibility index (Phi) is 6.18. The molecule has 1 amide bonds. The second kappa shape index (κ2) is 9.82. The Balaban J connectivity index is 1.35. The monoisotopic (exact) mass is 527 g/mol. The van der Waals surface area contributed by atoms with Gasteiger partial charge < -0.3 is 33.6 Å². The molecule has 1 fully saturated rings. The van der Waals surface area contributed by atoms with Crippen molar-refractivity contribution in [1.82, 2.24) is 24.4 Å². The average molecular weight is 528 g/mol. The van der Waals surface area contributed by atoms with Gasteiger partial charge in [0, 0.05) is 81.7 Å². The van der Waals surface area contributed by atoms with Crippen LogP contribution in [0, 0.1) is 0 Å². The summed E-state index contributed by atoms with van der Waals surface area (Å²) in [4.78, 5) is 29.9. The summed E-state index contributed by atoms with van der Waals surface area (Å²) in [5.41, 5.74) is 5.16. The lowest BCUT2D eigenvalue weighted by molar-refractivity contribution is -0.129. The Bertz CT molecular complexity index is 1680. The summed E-state index contributed by atoms with van der Waals surface area (Å²) in [6.45, 7) is 4.33. The third-order valence-electron chi connectivity index (χ3n) is 7.10. The van der Waals surface area contributed by atoms with Gasteiger partial charge in [-0.05, 0) is 12.1 Å². The van der Waals surface area contributed by atoms with Crippen molar-refractivity contribution in [2.75, 3.05) is 50.6 Å². The summed E-state index contributed by atoms with van der Waals surface area (Å²) in [6.07, 6.45) is 5.37. The number of hydrogen-bond donors (Lipinski definition) is 1. The van der Waals surface area contributed by atoms with Crippen LogP contribution in [0.3, 0.4) is 0 Å². The predicted octanol–water partition coefficient (Wildman–Crippen LogP) is 4.21. The molecule has 0 atom stereocenters. The first-order valence-electron chi connectivity index (χ1n) is 12.7. The number of carbonyl (C=O) groups excluding carboxylic acids is 1. The number of amides is 1. The lowest BCUT2D eigenvalue weighted by Gasteiger charge is -2.36. The standard InChI is InChI=1S/C28H29N7O4/c1-17(36)34-8-10-35(11-9-34)22-15-23(37-3)21(14-24(22)38-4)31-28-30-20-6-12-39-26(20)25(32-28)19-13-18-5-7-33(2)27(18)29-16-19/h5-7,12-16H,8-11H2,1-4H3,(H,30,31,32). The van der Waals surface area contributed by atoms with Gasteiger partial charge in [0.1, 0.15) is 28.4 Å². The number of pyridine rings is 1. The van der Waals surface area contributed by atoms with Crippen LogP contribution in [0.25, 0.3) is 33.4 Å². The molecule has 0 saturated carbocycles. The number of fused-ring (bicyclic) bond motifs is 2.